The lowest BCUT2D eigenvalue weighted by Gasteiger charge is -2.12. The number of halogens is 1. The van der Waals surface area contributed by atoms with E-state index in [9.17, 15) is 0 Å². The summed E-state index contributed by atoms with van der Waals surface area (Å²) in [7, 11) is 0. The van der Waals surface area contributed by atoms with Gasteiger partial charge in [-0.1, -0.05) is 34.8 Å². The van der Waals surface area contributed by atoms with Gasteiger partial charge in [-0.25, -0.2) is 0 Å². The molecule has 1 aromatic rings. The molecule has 0 saturated heterocycles. The van der Waals surface area contributed by atoms with Crippen molar-refractivity contribution >= 4 is 15.9 Å². The topological polar surface area (TPSA) is 18.5 Å². The zero-order valence-electron chi connectivity index (χ0n) is 10.2. The SMILES string of the molecule is CCOc1cc(CBr)ccc1OCCC1CC1. The van der Waals surface area contributed by atoms with Gasteiger partial charge >= 0.3 is 0 Å². The molecule has 0 radical (unpaired) electrons. The third-order valence-electron chi connectivity index (χ3n) is 2.94. The lowest BCUT2D eigenvalue weighted by Crippen LogP contribution is -2.02. The van der Waals surface area contributed by atoms with Gasteiger partial charge in [0.2, 0.25) is 0 Å². The van der Waals surface area contributed by atoms with Crippen molar-refractivity contribution in [3.8, 4) is 11.5 Å². The standard InChI is InChI=1S/C14H19BrO2/c1-2-16-14-9-12(10-15)5-6-13(14)17-8-7-11-3-4-11/h5-6,9,11H,2-4,7-8,10H2,1H3. The summed E-state index contributed by atoms with van der Waals surface area (Å²) in [5, 5.41) is 0.843. The molecule has 1 saturated carbocycles. The Bertz CT molecular complexity index is 361. The first-order valence-electron chi connectivity index (χ1n) is 6.28. The Labute approximate surface area is 111 Å². The summed E-state index contributed by atoms with van der Waals surface area (Å²) in [6.07, 6.45) is 3.93. The second-order valence-corrected chi connectivity index (χ2v) is 4.99. The van der Waals surface area contributed by atoms with Crippen molar-refractivity contribution in [2.75, 3.05) is 13.2 Å². The lowest BCUT2D eigenvalue weighted by atomic mass is 10.2. The fraction of sp³-hybridized carbons (Fsp3) is 0.571. The Hall–Kier alpha value is -0.700. The number of ether oxygens (including phenoxy) is 2. The number of benzene rings is 1. The summed E-state index contributed by atoms with van der Waals surface area (Å²) in [4.78, 5) is 0. The lowest BCUT2D eigenvalue weighted by molar-refractivity contribution is 0.269. The molecule has 1 aromatic carbocycles. The van der Waals surface area contributed by atoms with Gasteiger partial charge in [-0.05, 0) is 37.0 Å². The van der Waals surface area contributed by atoms with Crippen LogP contribution in [0.1, 0.15) is 31.7 Å². The average Bonchev–Trinajstić information content (AvgIpc) is 3.15. The maximum absolute atomic E-state index is 5.80. The second kappa shape index (κ2) is 6.29. The fourth-order valence-electron chi connectivity index (χ4n) is 1.77. The molecule has 17 heavy (non-hydrogen) atoms. The summed E-state index contributed by atoms with van der Waals surface area (Å²) in [5.41, 5.74) is 1.21. The molecule has 0 amide bonds. The molecule has 0 N–H and O–H groups in total. The van der Waals surface area contributed by atoms with Crippen LogP contribution in [0.25, 0.3) is 0 Å². The highest BCUT2D eigenvalue weighted by molar-refractivity contribution is 9.08. The van der Waals surface area contributed by atoms with Gasteiger partial charge in [0.05, 0.1) is 13.2 Å². The van der Waals surface area contributed by atoms with E-state index in [1.54, 1.807) is 0 Å². The van der Waals surface area contributed by atoms with E-state index in [1.807, 2.05) is 19.1 Å². The summed E-state index contributed by atoms with van der Waals surface area (Å²) >= 11 is 3.45. The molecule has 94 valence electrons. The summed E-state index contributed by atoms with van der Waals surface area (Å²) < 4.78 is 11.4. The molecule has 0 aliphatic heterocycles. The summed E-state index contributed by atoms with van der Waals surface area (Å²) in [6, 6.07) is 6.13. The van der Waals surface area contributed by atoms with Gasteiger partial charge in [-0.15, -0.1) is 0 Å². The van der Waals surface area contributed by atoms with Crippen molar-refractivity contribution in [1.82, 2.24) is 0 Å². The molecule has 0 unspecified atom stereocenters. The van der Waals surface area contributed by atoms with Crippen molar-refractivity contribution in [3.05, 3.63) is 23.8 Å². The quantitative estimate of drug-likeness (QED) is 0.704. The minimum absolute atomic E-state index is 0.671. The van der Waals surface area contributed by atoms with Crippen LogP contribution in [0.5, 0.6) is 11.5 Å². The van der Waals surface area contributed by atoms with Crippen LogP contribution in [0, 0.1) is 5.92 Å². The van der Waals surface area contributed by atoms with Crippen molar-refractivity contribution in [2.24, 2.45) is 5.92 Å². The Morgan fingerprint density at radius 3 is 2.71 bits per heavy atom. The molecular weight excluding hydrogens is 280 g/mol. The molecule has 1 fully saturated rings. The largest absolute Gasteiger partial charge is 0.490 e. The normalized spacial score (nSPS) is 14.7. The van der Waals surface area contributed by atoms with Gasteiger partial charge in [0.15, 0.2) is 11.5 Å². The van der Waals surface area contributed by atoms with Gasteiger partial charge in [0.25, 0.3) is 0 Å². The smallest absolute Gasteiger partial charge is 0.161 e. The first kappa shape index (κ1) is 12.7. The Kier molecular flexibility index (Phi) is 4.72. The number of hydrogen-bond acceptors (Lipinski definition) is 2. The molecule has 2 nitrogen and oxygen atoms in total. The highest BCUT2D eigenvalue weighted by Crippen LogP contribution is 2.34. The minimum atomic E-state index is 0.671. The monoisotopic (exact) mass is 298 g/mol. The summed E-state index contributed by atoms with van der Waals surface area (Å²) in [6.45, 7) is 3.47. The molecule has 1 aliphatic carbocycles. The predicted octanol–water partition coefficient (Wildman–Crippen LogP) is 4.16. The van der Waals surface area contributed by atoms with Gasteiger partial charge in [-0.2, -0.15) is 0 Å². The predicted molar refractivity (Wildman–Crippen MR) is 73.1 cm³/mol. The number of hydrogen-bond donors (Lipinski definition) is 0. The fourth-order valence-corrected chi connectivity index (χ4v) is 2.11. The minimum Gasteiger partial charge on any atom is -0.490 e. The molecule has 2 rings (SSSR count). The van der Waals surface area contributed by atoms with E-state index in [2.05, 4.69) is 22.0 Å². The van der Waals surface area contributed by atoms with E-state index in [-0.39, 0.29) is 0 Å². The molecule has 0 atom stereocenters. The highest BCUT2D eigenvalue weighted by Gasteiger charge is 2.21. The van der Waals surface area contributed by atoms with Crippen molar-refractivity contribution < 1.29 is 9.47 Å². The van der Waals surface area contributed by atoms with Crippen molar-refractivity contribution in [2.45, 2.75) is 31.5 Å². The third kappa shape index (κ3) is 3.91. The molecule has 0 bridgehead atoms. The van der Waals surface area contributed by atoms with E-state index in [1.165, 1.54) is 24.8 Å². The molecular formula is C14H19BrO2. The zero-order chi connectivity index (χ0) is 12.1. The average molecular weight is 299 g/mol. The Morgan fingerprint density at radius 2 is 2.06 bits per heavy atom. The van der Waals surface area contributed by atoms with Crippen LogP contribution in [0.15, 0.2) is 18.2 Å². The van der Waals surface area contributed by atoms with Crippen LogP contribution >= 0.6 is 15.9 Å². The number of alkyl halides is 1. The zero-order valence-corrected chi connectivity index (χ0v) is 11.8. The van der Waals surface area contributed by atoms with Crippen molar-refractivity contribution in [3.63, 3.8) is 0 Å². The van der Waals surface area contributed by atoms with Crippen LogP contribution in [-0.4, -0.2) is 13.2 Å². The maximum atomic E-state index is 5.80. The second-order valence-electron chi connectivity index (χ2n) is 4.43. The third-order valence-corrected chi connectivity index (χ3v) is 3.59. The van der Waals surface area contributed by atoms with Crippen molar-refractivity contribution in [1.29, 1.82) is 0 Å². The van der Waals surface area contributed by atoms with E-state index < -0.39 is 0 Å². The van der Waals surface area contributed by atoms with E-state index in [0.717, 1.165) is 29.4 Å². The molecule has 1 aliphatic rings. The van der Waals surface area contributed by atoms with Gasteiger partial charge in [-0.3, -0.25) is 0 Å². The first-order valence-corrected chi connectivity index (χ1v) is 7.40. The van der Waals surface area contributed by atoms with Crippen LogP contribution in [0.2, 0.25) is 0 Å². The van der Waals surface area contributed by atoms with Crippen LogP contribution in [-0.2, 0) is 5.33 Å². The van der Waals surface area contributed by atoms with Crippen LogP contribution in [0.4, 0.5) is 0 Å². The Morgan fingerprint density at radius 1 is 1.24 bits per heavy atom. The van der Waals surface area contributed by atoms with E-state index >= 15 is 0 Å². The van der Waals surface area contributed by atoms with Gasteiger partial charge in [0.1, 0.15) is 0 Å². The molecule has 0 heterocycles. The van der Waals surface area contributed by atoms with E-state index in [4.69, 9.17) is 9.47 Å². The Balaban J connectivity index is 1.96. The maximum Gasteiger partial charge on any atom is 0.161 e. The van der Waals surface area contributed by atoms with Crippen LogP contribution < -0.4 is 9.47 Å². The highest BCUT2D eigenvalue weighted by atomic mass is 79.9. The molecule has 3 heteroatoms. The van der Waals surface area contributed by atoms with E-state index in [0.29, 0.717) is 6.61 Å². The number of rotatable bonds is 7. The van der Waals surface area contributed by atoms with Gasteiger partial charge in [0, 0.05) is 5.33 Å². The molecule has 0 spiro atoms. The van der Waals surface area contributed by atoms with Crippen LogP contribution in [0.3, 0.4) is 0 Å². The first-order chi connectivity index (χ1) is 8.33. The summed E-state index contributed by atoms with van der Waals surface area (Å²) in [5.74, 6) is 2.64. The molecule has 0 aromatic heterocycles. The van der Waals surface area contributed by atoms with Gasteiger partial charge < -0.3 is 9.47 Å².